The number of fused-ring (bicyclic) bond motifs is 1. The van der Waals surface area contributed by atoms with Crippen LogP contribution in [0, 0.1) is 0 Å². The molecule has 0 aliphatic rings. The molecule has 4 aromatic rings. The first-order valence-electron chi connectivity index (χ1n) is 6.43. The largest absolute Gasteiger partial charge is 0.391 e. The summed E-state index contributed by atoms with van der Waals surface area (Å²) in [6, 6.07) is 7.59. The first-order chi connectivity index (χ1) is 10.7. The van der Waals surface area contributed by atoms with Crippen molar-refractivity contribution in [1.82, 2.24) is 24.8 Å². The van der Waals surface area contributed by atoms with E-state index in [1.54, 1.807) is 21.9 Å². The van der Waals surface area contributed by atoms with Gasteiger partial charge in [-0.15, -0.1) is 32.9 Å². The van der Waals surface area contributed by atoms with Gasteiger partial charge in [0, 0.05) is 11.3 Å². The van der Waals surface area contributed by atoms with E-state index >= 15 is 0 Å². The zero-order valence-corrected chi connectivity index (χ0v) is 12.8. The standard InChI is InChI=1S/C13H10N6OS2/c14-10-4-3-9(22-10)11-16-17-13-15-12(20)8(18-19(11)13)6-7-2-1-5-21-7/h1-5H,6,14H2,(H,15,17,20). The fourth-order valence-electron chi connectivity index (χ4n) is 2.11. The third-order valence-electron chi connectivity index (χ3n) is 3.12. The maximum Gasteiger partial charge on any atom is 0.274 e. The number of rotatable bonds is 3. The van der Waals surface area contributed by atoms with Crippen LogP contribution >= 0.6 is 22.7 Å². The Labute approximate surface area is 132 Å². The van der Waals surface area contributed by atoms with Crippen molar-refractivity contribution in [3.05, 3.63) is 50.6 Å². The summed E-state index contributed by atoms with van der Waals surface area (Å²) in [7, 11) is 0. The van der Waals surface area contributed by atoms with E-state index in [0.29, 0.717) is 28.7 Å². The van der Waals surface area contributed by atoms with Gasteiger partial charge in [-0.1, -0.05) is 6.07 Å². The highest BCUT2D eigenvalue weighted by atomic mass is 32.1. The Balaban J connectivity index is 1.85. The van der Waals surface area contributed by atoms with Crippen LogP contribution in [0.4, 0.5) is 5.00 Å². The topological polar surface area (TPSA) is 102 Å². The van der Waals surface area contributed by atoms with Crippen LogP contribution in [0.2, 0.25) is 0 Å². The molecule has 0 bridgehead atoms. The lowest BCUT2D eigenvalue weighted by molar-refractivity contribution is 0.833. The summed E-state index contributed by atoms with van der Waals surface area (Å²) in [5, 5.41) is 15.1. The monoisotopic (exact) mass is 330 g/mol. The molecule has 9 heteroatoms. The van der Waals surface area contributed by atoms with Crippen molar-refractivity contribution in [2.24, 2.45) is 0 Å². The second-order valence-electron chi connectivity index (χ2n) is 4.62. The second-order valence-corrected chi connectivity index (χ2v) is 6.77. The number of thiophene rings is 2. The van der Waals surface area contributed by atoms with E-state index in [1.807, 2.05) is 23.6 Å². The normalized spacial score (nSPS) is 11.3. The van der Waals surface area contributed by atoms with Crippen LogP contribution in [0.1, 0.15) is 10.6 Å². The van der Waals surface area contributed by atoms with Crippen molar-refractivity contribution < 1.29 is 0 Å². The average molecular weight is 330 g/mol. The Morgan fingerprint density at radius 1 is 1.27 bits per heavy atom. The molecule has 0 amide bonds. The van der Waals surface area contributed by atoms with Crippen molar-refractivity contribution in [3.8, 4) is 10.7 Å². The van der Waals surface area contributed by atoms with Crippen LogP contribution < -0.4 is 11.3 Å². The van der Waals surface area contributed by atoms with Crippen LogP contribution in [0.5, 0.6) is 0 Å². The molecule has 22 heavy (non-hydrogen) atoms. The summed E-state index contributed by atoms with van der Waals surface area (Å²) < 4.78 is 1.55. The average Bonchev–Trinajstić information content (AvgIpc) is 3.20. The molecule has 3 N–H and O–H groups in total. The van der Waals surface area contributed by atoms with Gasteiger partial charge in [-0.05, 0) is 23.6 Å². The molecule has 4 heterocycles. The van der Waals surface area contributed by atoms with E-state index in [1.165, 1.54) is 11.3 Å². The number of aromatic nitrogens is 5. The van der Waals surface area contributed by atoms with Crippen molar-refractivity contribution in [2.45, 2.75) is 6.42 Å². The van der Waals surface area contributed by atoms with Gasteiger partial charge in [-0.25, -0.2) is 0 Å². The maximum atomic E-state index is 12.1. The quantitative estimate of drug-likeness (QED) is 0.596. The van der Waals surface area contributed by atoms with E-state index in [0.717, 1.165) is 9.75 Å². The second kappa shape index (κ2) is 5.04. The first kappa shape index (κ1) is 13.2. The number of hydrogen-bond acceptors (Lipinski definition) is 7. The molecule has 0 aliphatic heterocycles. The minimum atomic E-state index is -0.245. The minimum Gasteiger partial charge on any atom is -0.391 e. The molecular weight excluding hydrogens is 320 g/mol. The number of hydrogen-bond donors (Lipinski definition) is 2. The Morgan fingerprint density at radius 2 is 2.18 bits per heavy atom. The van der Waals surface area contributed by atoms with E-state index in [2.05, 4.69) is 20.3 Å². The molecular formula is C13H10N6OS2. The molecule has 0 radical (unpaired) electrons. The Morgan fingerprint density at radius 3 is 2.91 bits per heavy atom. The maximum absolute atomic E-state index is 12.1. The van der Waals surface area contributed by atoms with Crippen LogP contribution in [0.3, 0.4) is 0 Å². The predicted octanol–water partition coefficient (Wildman–Crippen LogP) is 1.78. The van der Waals surface area contributed by atoms with Crippen molar-refractivity contribution >= 4 is 33.5 Å². The summed E-state index contributed by atoms with van der Waals surface area (Å²) in [5.41, 5.74) is 5.94. The Kier molecular flexibility index (Phi) is 3.01. The zero-order chi connectivity index (χ0) is 15.1. The highest BCUT2D eigenvalue weighted by Gasteiger charge is 2.14. The molecule has 7 nitrogen and oxygen atoms in total. The molecule has 0 spiro atoms. The number of H-pyrrole nitrogens is 1. The lowest BCUT2D eigenvalue weighted by atomic mass is 10.3. The third-order valence-corrected chi connectivity index (χ3v) is 4.90. The lowest BCUT2D eigenvalue weighted by Crippen LogP contribution is -2.18. The van der Waals surface area contributed by atoms with Crippen molar-refractivity contribution in [2.75, 3.05) is 5.73 Å². The smallest absolute Gasteiger partial charge is 0.274 e. The van der Waals surface area contributed by atoms with Gasteiger partial charge >= 0.3 is 0 Å². The number of nitrogen functional groups attached to an aromatic ring is 1. The van der Waals surface area contributed by atoms with Gasteiger partial charge in [-0.3, -0.25) is 9.78 Å². The molecule has 0 unspecified atom stereocenters. The molecule has 0 atom stereocenters. The van der Waals surface area contributed by atoms with Crippen molar-refractivity contribution in [1.29, 1.82) is 0 Å². The number of anilines is 1. The predicted molar refractivity (Wildman–Crippen MR) is 86.3 cm³/mol. The summed E-state index contributed by atoms with van der Waals surface area (Å²) in [4.78, 5) is 16.7. The van der Waals surface area contributed by atoms with Gasteiger partial charge in [0.05, 0.1) is 9.88 Å². The first-order valence-corrected chi connectivity index (χ1v) is 8.13. The van der Waals surface area contributed by atoms with Crippen LogP contribution in [0.25, 0.3) is 16.5 Å². The molecule has 0 aromatic carbocycles. The lowest BCUT2D eigenvalue weighted by Gasteiger charge is -2.00. The zero-order valence-electron chi connectivity index (χ0n) is 11.2. The summed E-state index contributed by atoms with van der Waals surface area (Å²) in [6.07, 6.45) is 0.479. The molecule has 0 fully saturated rings. The highest BCUT2D eigenvalue weighted by molar-refractivity contribution is 7.19. The molecule has 110 valence electrons. The number of aromatic amines is 1. The van der Waals surface area contributed by atoms with Crippen molar-refractivity contribution in [3.63, 3.8) is 0 Å². The van der Waals surface area contributed by atoms with E-state index in [4.69, 9.17) is 5.73 Å². The van der Waals surface area contributed by atoms with E-state index in [9.17, 15) is 4.79 Å². The minimum absolute atomic E-state index is 0.245. The van der Waals surface area contributed by atoms with Gasteiger partial charge in [0.1, 0.15) is 5.69 Å². The highest BCUT2D eigenvalue weighted by Crippen LogP contribution is 2.27. The Bertz CT molecular complexity index is 997. The van der Waals surface area contributed by atoms with E-state index < -0.39 is 0 Å². The SMILES string of the molecule is Nc1ccc(-c2nnc3[nH]c(=O)c(Cc4cccs4)nn23)s1. The number of nitrogens with zero attached hydrogens (tertiary/aromatic N) is 4. The van der Waals surface area contributed by atoms with Gasteiger partial charge in [0.15, 0.2) is 5.82 Å². The molecule has 0 aliphatic carbocycles. The van der Waals surface area contributed by atoms with Gasteiger partial charge in [0.25, 0.3) is 11.3 Å². The van der Waals surface area contributed by atoms with Gasteiger partial charge < -0.3 is 5.73 Å². The third kappa shape index (κ3) is 2.20. The Hall–Kier alpha value is -2.52. The molecule has 4 aromatic heterocycles. The van der Waals surface area contributed by atoms with Crippen LogP contribution in [-0.4, -0.2) is 24.8 Å². The van der Waals surface area contributed by atoms with Crippen LogP contribution in [-0.2, 0) is 6.42 Å². The summed E-state index contributed by atoms with van der Waals surface area (Å²) in [6.45, 7) is 0. The van der Waals surface area contributed by atoms with Gasteiger partial charge in [0.2, 0.25) is 0 Å². The summed E-state index contributed by atoms with van der Waals surface area (Å²) >= 11 is 2.99. The van der Waals surface area contributed by atoms with Crippen LogP contribution in [0.15, 0.2) is 34.4 Å². The molecule has 0 saturated heterocycles. The number of nitrogens with one attached hydrogen (secondary N) is 1. The molecule has 4 rings (SSSR count). The number of nitrogens with two attached hydrogens (primary N) is 1. The fraction of sp³-hybridized carbons (Fsp3) is 0.0769. The van der Waals surface area contributed by atoms with Gasteiger partial charge in [-0.2, -0.15) is 9.61 Å². The van der Waals surface area contributed by atoms with E-state index in [-0.39, 0.29) is 5.56 Å². The summed E-state index contributed by atoms with van der Waals surface area (Å²) in [5.74, 6) is 0.891. The fourth-order valence-corrected chi connectivity index (χ4v) is 3.57. The molecule has 0 saturated carbocycles.